The number of nitrogens with two attached hydrogens (primary N) is 4. The third kappa shape index (κ3) is 7.53. The van der Waals surface area contributed by atoms with Gasteiger partial charge in [-0.2, -0.15) is 8.42 Å². The summed E-state index contributed by atoms with van der Waals surface area (Å²) in [5, 5.41) is 67.5. The maximum atomic E-state index is 12.1. The van der Waals surface area contributed by atoms with Crippen molar-refractivity contribution in [2.75, 3.05) is 13.7 Å². The number of nitrogens with zero attached hydrogens (tertiary/aromatic N) is 2. The third-order valence-electron chi connectivity index (χ3n) is 7.54. The summed E-state index contributed by atoms with van der Waals surface area (Å²) in [4.78, 5) is 19.7. The average molecular weight is 662 g/mol. The molecule has 22 nitrogen and oxygen atoms in total. The number of likely N-dealkylation sites (N-methyl/N-ethyl adjacent to an activating group) is 1. The first-order valence-corrected chi connectivity index (χ1v) is 14.4. The van der Waals surface area contributed by atoms with Crippen LogP contribution >= 0.6 is 0 Å². The van der Waals surface area contributed by atoms with E-state index < -0.39 is 120 Å². The largest absolute Gasteiger partial charge is 0.397 e. The molecule has 44 heavy (non-hydrogen) atoms. The van der Waals surface area contributed by atoms with E-state index in [4.69, 9.17) is 46.4 Å². The number of guanidine groups is 2. The zero-order valence-electron chi connectivity index (χ0n) is 23.4. The van der Waals surface area contributed by atoms with Gasteiger partial charge in [0.25, 0.3) is 0 Å². The monoisotopic (exact) mass is 661 g/mol. The quantitative estimate of drug-likeness (QED) is 0.0423. The van der Waals surface area contributed by atoms with Gasteiger partial charge in [-0.1, -0.05) is 0 Å². The minimum absolute atomic E-state index is 0.0658. The topological polar surface area (TPSA) is 380 Å². The van der Waals surface area contributed by atoms with Crippen molar-refractivity contribution in [3.8, 4) is 0 Å². The van der Waals surface area contributed by atoms with Crippen LogP contribution < -0.4 is 28.3 Å². The molecule has 1 saturated carbocycles. The molecule has 3 aliphatic rings. The number of hydrogen-bond donors (Lipinski definition) is 12. The predicted molar refractivity (Wildman–Crippen MR) is 143 cm³/mol. The highest BCUT2D eigenvalue weighted by Gasteiger charge is 2.61. The van der Waals surface area contributed by atoms with Crippen molar-refractivity contribution in [3.05, 3.63) is 0 Å². The van der Waals surface area contributed by atoms with E-state index >= 15 is 0 Å². The summed E-state index contributed by atoms with van der Waals surface area (Å²) in [6.07, 6.45) is -19.1. The Labute approximate surface area is 250 Å². The van der Waals surface area contributed by atoms with E-state index in [-0.39, 0.29) is 6.29 Å². The molecule has 23 heteroatoms. The van der Waals surface area contributed by atoms with Crippen molar-refractivity contribution in [1.29, 1.82) is 0 Å². The number of nitrogens with one attached hydrogen (secondary N) is 1. The van der Waals surface area contributed by atoms with Gasteiger partial charge in [0.2, 0.25) is 0 Å². The summed E-state index contributed by atoms with van der Waals surface area (Å²) >= 11 is 0. The van der Waals surface area contributed by atoms with Crippen LogP contribution in [0.3, 0.4) is 0 Å². The normalized spacial score (nSPS) is 44.6. The summed E-state index contributed by atoms with van der Waals surface area (Å²) in [6.45, 7) is 0.278. The van der Waals surface area contributed by atoms with Crippen molar-refractivity contribution in [1.82, 2.24) is 5.32 Å². The van der Waals surface area contributed by atoms with Crippen LogP contribution in [0.1, 0.15) is 6.92 Å². The third-order valence-corrected chi connectivity index (χ3v) is 7.97. The van der Waals surface area contributed by atoms with E-state index in [1.807, 2.05) is 0 Å². The Kier molecular flexibility index (Phi) is 11.5. The lowest BCUT2D eigenvalue weighted by molar-refractivity contribution is -0.313. The van der Waals surface area contributed by atoms with E-state index in [9.17, 15) is 43.9 Å². The number of carbonyl (C=O) groups excluding carboxylic acids is 1. The SMILES string of the molecule is CN[C@@H]1[C@H](O[C@H]2[C@H](O[C@H]3[C@H](O)[C@@H](O)[C@H](N=C(N)N)[C@@H](O)[C@@H]3N=C(N)N)O[C@@H](C)[C@]2(O)C=O)O[C@@H](COS(=O)(=O)O)[C@H](O)[C@H]1O. The van der Waals surface area contributed by atoms with Crippen LogP contribution in [0.25, 0.3) is 0 Å². The number of ether oxygens (including phenoxy) is 4. The van der Waals surface area contributed by atoms with Crippen LogP contribution in [0.5, 0.6) is 0 Å². The molecular formula is C21H39N7O15S. The molecule has 0 amide bonds. The lowest BCUT2D eigenvalue weighted by atomic mass is 9.81. The van der Waals surface area contributed by atoms with Gasteiger partial charge in [-0.05, 0) is 14.0 Å². The standard InChI is InChI=1S/C21H39N7O15S/c1-5-21(35,4-29)16(43-17-9(26-2)13(33)10(30)6(41-17)3-39-44(36,37)38)18(40-5)42-15-8(28-20(24)25)11(31)7(27-19(22)23)12(32)14(15)34/h4-18,26,30-35H,3H2,1-2H3,(H4,22,23,27)(H4,24,25,28)(H,36,37,38)/t5-,6-,7+,8-,9-,10-,11+,12-,13-,14+,15+,16-,17-,18-,21+/m0/s1. The van der Waals surface area contributed by atoms with Gasteiger partial charge >= 0.3 is 10.4 Å². The Morgan fingerprint density at radius 2 is 1.50 bits per heavy atom. The van der Waals surface area contributed by atoms with Crippen LogP contribution in [0, 0.1) is 0 Å². The maximum absolute atomic E-state index is 12.1. The van der Waals surface area contributed by atoms with Crippen molar-refractivity contribution in [2.24, 2.45) is 32.9 Å². The molecule has 3 rings (SSSR count). The molecule has 254 valence electrons. The number of aliphatic hydroxyl groups is 6. The number of rotatable bonds is 11. The van der Waals surface area contributed by atoms with Crippen molar-refractivity contribution in [3.63, 3.8) is 0 Å². The van der Waals surface area contributed by atoms with E-state index in [0.29, 0.717) is 0 Å². The molecule has 15 atom stereocenters. The Morgan fingerprint density at radius 3 is 2.02 bits per heavy atom. The van der Waals surface area contributed by atoms with Gasteiger partial charge in [-0.25, -0.2) is 14.2 Å². The first-order chi connectivity index (χ1) is 20.4. The molecular weight excluding hydrogens is 622 g/mol. The lowest BCUT2D eigenvalue weighted by Crippen LogP contribution is -2.66. The maximum Gasteiger partial charge on any atom is 0.397 e. The zero-order chi connectivity index (χ0) is 33.3. The molecule has 0 aromatic carbocycles. The van der Waals surface area contributed by atoms with E-state index in [1.165, 1.54) is 14.0 Å². The molecule has 3 fully saturated rings. The number of aliphatic hydroxyl groups excluding tert-OH is 5. The van der Waals surface area contributed by atoms with Gasteiger partial charge in [0.05, 0.1) is 18.8 Å². The lowest BCUT2D eigenvalue weighted by Gasteiger charge is -2.45. The highest BCUT2D eigenvalue weighted by Crippen LogP contribution is 2.38. The van der Waals surface area contributed by atoms with Gasteiger partial charge in [0, 0.05) is 0 Å². The molecule has 0 aromatic heterocycles. The smallest absolute Gasteiger partial charge is 0.388 e. The summed E-state index contributed by atoms with van der Waals surface area (Å²) in [7, 11) is -3.66. The minimum Gasteiger partial charge on any atom is -0.388 e. The summed E-state index contributed by atoms with van der Waals surface area (Å²) in [5.41, 5.74) is 19.2. The molecule has 1 aliphatic carbocycles. The first-order valence-electron chi connectivity index (χ1n) is 13.0. The minimum atomic E-state index is -4.99. The second-order valence-electron chi connectivity index (χ2n) is 10.4. The predicted octanol–water partition coefficient (Wildman–Crippen LogP) is -8.33. The fourth-order valence-electron chi connectivity index (χ4n) is 5.22. The van der Waals surface area contributed by atoms with Gasteiger partial charge in [0.1, 0.15) is 60.9 Å². The highest BCUT2D eigenvalue weighted by atomic mass is 32.3. The molecule has 0 aromatic rings. The molecule has 16 N–H and O–H groups in total. The van der Waals surface area contributed by atoms with E-state index in [0.717, 1.165) is 0 Å². The van der Waals surface area contributed by atoms with E-state index in [1.54, 1.807) is 0 Å². The van der Waals surface area contributed by atoms with Crippen molar-refractivity contribution in [2.45, 2.75) is 98.2 Å². The fourth-order valence-corrected chi connectivity index (χ4v) is 5.53. The second-order valence-corrected chi connectivity index (χ2v) is 11.5. The Balaban J connectivity index is 1.96. The van der Waals surface area contributed by atoms with E-state index in [2.05, 4.69) is 19.5 Å². The molecule has 0 spiro atoms. The molecule has 0 bridgehead atoms. The zero-order valence-corrected chi connectivity index (χ0v) is 24.2. The number of hydrogen-bond acceptors (Lipinski definition) is 17. The number of aldehydes is 1. The second kappa shape index (κ2) is 14.0. The van der Waals surface area contributed by atoms with Crippen molar-refractivity contribution >= 4 is 28.6 Å². The summed E-state index contributed by atoms with van der Waals surface area (Å²) in [5.74, 6) is -1.12. The Bertz CT molecular complexity index is 1170. The summed E-state index contributed by atoms with van der Waals surface area (Å²) < 4.78 is 58.1. The Morgan fingerprint density at radius 1 is 0.909 bits per heavy atom. The molecule has 2 saturated heterocycles. The van der Waals surface area contributed by atoms with Gasteiger partial charge in [0.15, 0.2) is 36.4 Å². The van der Waals surface area contributed by atoms with Crippen LogP contribution in [-0.4, -0.2) is 167 Å². The van der Waals surface area contributed by atoms with Crippen LogP contribution in [0.15, 0.2) is 9.98 Å². The average Bonchev–Trinajstić information content (AvgIpc) is 3.16. The number of aliphatic imine (C=N–C) groups is 2. The fraction of sp³-hybridized carbons (Fsp3) is 0.857. The molecule has 0 unspecified atom stereocenters. The van der Waals surface area contributed by atoms with Gasteiger partial charge in [-0.3, -0.25) is 9.35 Å². The van der Waals surface area contributed by atoms with Crippen molar-refractivity contribution < 1.29 is 71.5 Å². The summed E-state index contributed by atoms with van der Waals surface area (Å²) in [6, 6.07) is -4.38. The Hall–Kier alpha value is -2.36. The number of carbonyl (C=O) groups is 1. The first kappa shape index (κ1) is 36.1. The highest BCUT2D eigenvalue weighted by molar-refractivity contribution is 7.80. The molecule has 0 radical (unpaired) electrons. The van der Waals surface area contributed by atoms with Gasteiger partial charge < -0.3 is 77.8 Å². The van der Waals surface area contributed by atoms with Crippen LogP contribution in [-0.2, 0) is 38.3 Å². The van der Waals surface area contributed by atoms with Crippen LogP contribution in [0.4, 0.5) is 0 Å². The van der Waals surface area contributed by atoms with Gasteiger partial charge in [-0.15, -0.1) is 0 Å². The molecule has 2 aliphatic heterocycles. The van der Waals surface area contributed by atoms with Crippen LogP contribution in [0.2, 0.25) is 0 Å². The molecule has 2 heterocycles.